The van der Waals surface area contributed by atoms with Crippen molar-refractivity contribution < 1.29 is 10.0 Å². The first-order valence-corrected chi connectivity index (χ1v) is 8.50. The predicted octanol–water partition coefficient (Wildman–Crippen LogP) is 3.20. The molecule has 2 saturated carbocycles. The number of aliphatic hydroxyl groups is 1. The SMILES string of the molecule is N#C/C(=C/[C@H]1C[C@H](Br)CC[C@@H]1O)C1CCC([N+](=O)[O-])CC1. The maximum absolute atomic E-state index is 10.8. The van der Waals surface area contributed by atoms with Crippen LogP contribution in [-0.2, 0) is 0 Å². The molecule has 0 unspecified atom stereocenters. The number of allylic oxidation sites excluding steroid dienone is 1. The van der Waals surface area contributed by atoms with Crippen LogP contribution in [0.1, 0.15) is 44.9 Å². The third-order valence-corrected chi connectivity index (χ3v) is 5.59. The fourth-order valence-electron chi connectivity index (χ4n) is 3.41. The van der Waals surface area contributed by atoms with Gasteiger partial charge in [0.15, 0.2) is 0 Å². The Morgan fingerprint density at radius 3 is 2.52 bits per heavy atom. The van der Waals surface area contributed by atoms with Crippen LogP contribution in [0, 0.1) is 33.3 Å². The minimum absolute atomic E-state index is 0.0195. The normalized spacial score (nSPS) is 37.8. The Morgan fingerprint density at radius 1 is 1.29 bits per heavy atom. The maximum atomic E-state index is 10.8. The third kappa shape index (κ3) is 4.27. The Morgan fingerprint density at radius 2 is 1.95 bits per heavy atom. The van der Waals surface area contributed by atoms with Gasteiger partial charge in [-0.15, -0.1) is 0 Å². The van der Waals surface area contributed by atoms with Crippen LogP contribution in [0.3, 0.4) is 0 Å². The van der Waals surface area contributed by atoms with Gasteiger partial charge in [0.1, 0.15) is 0 Å². The first-order chi connectivity index (χ1) is 10.0. The second-order valence-electron chi connectivity index (χ2n) is 6.17. The lowest BCUT2D eigenvalue weighted by Crippen LogP contribution is -2.29. The van der Waals surface area contributed by atoms with Crippen LogP contribution in [0.25, 0.3) is 0 Å². The molecule has 0 aromatic carbocycles. The molecular weight excluding hydrogens is 336 g/mol. The largest absolute Gasteiger partial charge is 0.393 e. The lowest BCUT2D eigenvalue weighted by Gasteiger charge is -2.30. The number of alkyl halides is 1. The second kappa shape index (κ2) is 7.37. The number of aliphatic hydroxyl groups excluding tert-OH is 1. The molecule has 0 heterocycles. The van der Waals surface area contributed by atoms with E-state index in [9.17, 15) is 20.5 Å². The number of rotatable bonds is 3. The Hall–Kier alpha value is -0.930. The molecule has 21 heavy (non-hydrogen) atoms. The summed E-state index contributed by atoms with van der Waals surface area (Å²) in [4.78, 5) is 11.0. The zero-order valence-corrected chi connectivity index (χ0v) is 13.5. The fourth-order valence-corrected chi connectivity index (χ4v) is 4.10. The summed E-state index contributed by atoms with van der Waals surface area (Å²) >= 11 is 3.59. The van der Waals surface area contributed by atoms with Gasteiger partial charge in [0, 0.05) is 34.1 Å². The summed E-state index contributed by atoms with van der Waals surface area (Å²) in [5.74, 6) is 0.139. The van der Waals surface area contributed by atoms with E-state index < -0.39 is 6.04 Å². The van der Waals surface area contributed by atoms with Crippen molar-refractivity contribution in [2.45, 2.75) is 61.9 Å². The molecule has 5 nitrogen and oxygen atoms in total. The molecule has 0 saturated heterocycles. The molecule has 6 heteroatoms. The zero-order chi connectivity index (χ0) is 15.4. The highest BCUT2D eigenvalue weighted by atomic mass is 79.9. The number of halogens is 1. The van der Waals surface area contributed by atoms with Gasteiger partial charge in [0.25, 0.3) is 0 Å². The van der Waals surface area contributed by atoms with Gasteiger partial charge in [0.05, 0.1) is 12.2 Å². The Kier molecular flexibility index (Phi) is 5.77. The summed E-state index contributed by atoms with van der Waals surface area (Å²) in [6, 6.07) is 1.81. The molecule has 0 spiro atoms. The van der Waals surface area contributed by atoms with E-state index in [1.807, 2.05) is 6.08 Å². The molecule has 1 N–H and O–H groups in total. The van der Waals surface area contributed by atoms with Gasteiger partial charge in [-0.25, -0.2) is 0 Å². The second-order valence-corrected chi connectivity index (χ2v) is 7.46. The molecule has 116 valence electrons. The molecule has 2 aliphatic carbocycles. The van der Waals surface area contributed by atoms with E-state index in [0.29, 0.717) is 36.1 Å². The van der Waals surface area contributed by atoms with Gasteiger partial charge >= 0.3 is 0 Å². The van der Waals surface area contributed by atoms with Crippen LogP contribution in [0.15, 0.2) is 11.6 Å². The standard InChI is InChI=1S/C15H21BrN2O3/c16-13-3-6-15(19)11(8-13)7-12(9-17)10-1-4-14(5-2-10)18(20)21/h7,10-11,13-15,19H,1-6,8H2/b12-7-/t10?,11-,13+,14?,15-/m0/s1. The van der Waals surface area contributed by atoms with Crippen molar-refractivity contribution in [2.75, 3.05) is 0 Å². The van der Waals surface area contributed by atoms with Gasteiger partial charge in [-0.2, -0.15) is 5.26 Å². The Balaban J connectivity index is 2.01. The van der Waals surface area contributed by atoms with Gasteiger partial charge in [-0.3, -0.25) is 10.1 Å². The molecule has 0 amide bonds. The molecule has 0 aromatic rings. The summed E-state index contributed by atoms with van der Waals surface area (Å²) < 4.78 is 0. The topological polar surface area (TPSA) is 87.2 Å². The lowest BCUT2D eigenvalue weighted by molar-refractivity contribution is -0.526. The maximum Gasteiger partial charge on any atom is 0.213 e. The molecule has 0 aliphatic heterocycles. The van der Waals surface area contributed by atoms with Crippen molar-refractivity contribution in [3.05, 3.63) is 21.8 Å². The van der Waals surface area contributed by atoms with E-state index in [1.54, 1.807) is 0 Å². The summed E-state index contributed by atoms with van der Waals surface area (Å²) in [6.07, 6.45) is 6.60. The van der Waals surface area contributed by atoms with Gasteiger partial charge in [-0.1, -0.05) is 22.0 Å². The summed E-state index contributed by atoms with van der Waals surface area (Å²) in [6.45, 7) is 0. The number of hydrogen-bond donors (Lipinski definition) is 1. The molecule has 2 rings (SSSR count). The van der Waals surface area contributed by atoms with Gasteiger partial charge in [0.2, 0.25) is 6.04 Å². The number of nitro groups is 1. The zero-order valence-electron chi connectivity index (χ0n) is 11.9. The minimum Gasteiger partial charge on any atom is -0.393 e. The molecule has 3 atom stereocenters. The van der Waals surface area contributed by atoms with E-state index in [-0.39, 0.29) is 22.9 Å². The van der Waals surface area contributed by atoms with E-state index in [2.05, 4.69) is 22.0 Å². The quantitative estimate of drug-likeness (QED) is 0.364. The van der Waals surface area contributed by atoms with Gasteiger partial charge < -0.3 is 5.11 Å². The van der Waals surface area contributed by atoms with E-state index >= 15 is 0 Å². The monoisotopic (exact) mass is 356 g/mol. The van der Waals surface area contributed by atoms with Crippen molar-refractivity contribution in [3.8, 4) is 6.07 Å². The molecule has 2 fully saturated rings. The van der Waals surface area contributed by atoms with Crippen molar-refractivity contribution >= 4 is 15.9 Å². The van der Waals surface area contributed by atoms with Crippen molar-refractivity contribution in [2.24, 2.45) is 11.8 Å². The van der Waals surface area contributed by atoms with Gasteiger partial charge in [-0.05, 0) is 38.0 Å². The van der Waals surface area contributed by atoms with Crippen LogP contribution < -0.4 is 0 Å². The van der Waals surface area contributed by atoms with Crippen molar-refractivity contribution in [3.63, 3.8) is 0 Å². The Labute approximate surface area is 133 Å². The van der Waals surface area contributed by atoms with Crippen LogP contribution >= 0.6 is 15.9 Å². The summed E-state index contributed by atoms with van der Waals surface area (Å²) in [5.41, 5.74) is 0.711. The van der Waals surface area contributed by atoms with Crippen molar-refractivity contribution in [1.29, 1.82) is 5.26 Å². The fraction of sp³-hybridized carbons (Fsp3) is 0.800. The van der Waals surface area contributed by atoms with Crippen LogP contribution in [0.2, 0.25) is 0 Å². The van der Waals surface area contributed by atoms with E-state index in [4.69, 9.17) is 0 Å². The molecule has 0 aromatic heterocycles. The van der Waals surface area contributed by atoms with E-state index in [0.717, 1.165) is 19.3 Å². The average Bonchev–Trinajstić information content (AvgIpc) is 2.48. The molecular formula is C15H21BrN2O3. The predicted molar refractivity (Wildman–Crippen MR) is 82.5 cm³/mol. The highest BCUT2D eigenvalue weighted by Gasteiger charge is 2.32. The lowest BCUT2D eigenvalue weighted by atomic mass is 9.78. The minimum atomic E-state index is -0.451. The highest BCUT2D eigenvalue weighted by molar-refractivity contribution is 9.09. The van der Waals surface area contributed by atoms with Crippen LogP contribution in [-0.4, -0.2) is 27.0 Å². The average molecular weight is 357 g/mol. The molecule has 2 aliphatic rings. The number of nitriles is 1. The third-order valence-electron chi connectivity index (χ3n) is 4.76. The van der Waals surface area contributed by atoms with Crippen LogP contribution in [0.4, 0.5) is 0 Å². The first kappa shape index (κ1) is 16.4. The first-order valence-electron chi connectivity index (χ1n) is 7.58. The highest BCUT2D eigenvalue weighted by Crippen LogP contribution is 2.35. The summed E-state index contributed by atoms with van der Waals surface area (Å²) in [7, 11) is 0. The Bertz CT molecular complexity index is 452. The van der Waals surface area contributed by atoms with Crippen molar-refractivity contribution in [1.82, 2.24) is 0 Å². The van der Waals surface area contributed by atoms with E-state index in [1.165, 1.54) is 0 Å². The number of nitrogens with zero attached hydrogens (tertiary/aromatic N) is 2. The summed E-state index contributed by atoms with van der Waals surface area (Å²) in [5, 5.41) is 30.3. The van der Waals surface area contributed by atoms with Crippen LogP contribution in [0.5, 0.6) is 0 Å². The molecule has 0 radical (unpaired) electrons. The molecule has 0 bridgehead atoms. The number of hydrogen-bond acceptors (Lipinski definition) is 4. The smallest absolute Gasteiger partial charge is 0.213 e.